The number of carbonyl (C=O) groups is 2. The number of rotatable bonds is 7. The number of Topliss-reactive ketones (excluding diaryl/α,β-unsaturated/α-hetero) is 1. The topological polar surface area (TPSA) is 72.0 Å². The predicted molar refractivity (Wildman–Crippen MR) is 147 cm³/mol. The first-order valence-corrected chi connectivity index (χ1v) is 12.1. The molecule has 1 N–H and O–H groups in total. The molecular weight excluding hydrogens is 482 g/mol. The Hall–Kier alpha value is -4.61. The van der Waals surface area contributed by atoms with Crippen molar-refractivity contribution < 1.29 is 9.59 Å². The number of halogens is 1. The lowest BCUT2D eigenvalue weighted by atomic mass is 9.99. The van der Waals surface area contributed by atoms with Crippen LogP contribution in [0.4, 0.5) is 5.69 Å². The summed E-state index contributed by atoms with van der Waals surface area (Å²) in [6, 6.07) is 31.3. The van der Waals surface area contributed by atoms with E-state index in [0.717, 1.165) is 28.1 Å². The summed E-state index contributed by atoms with van der Waals surface area (Å²) in [5.41, 5.74) is 5.84. The van der Waals surface area contributed by atoms with Gasteiger partial charge in [-0.3, -0.25) is 19.6 Å². The number of nitrogens with zero attached hydrogens (tertiary/aromatic N) is 2. The quantitative estimate of drug-likeness (QED) is 0.239. The molecule has 5 nitrogen and oxygen atoms in total. The zero-order chi connectivity index (χ0) is 25.6. The standard InChI is InChI=1S/C31H22ClN3O2/c32-26-19-24(30(36)17-21-7-9-22(10-8-21)28-5-1-3-15-33-28)18-25(20-26)31(37)35-27-13-11-23(12-14-27)29-6-2-4-16-34-29/h1-16,18-20H,17H2,(H,35,37). The van der Waals surface area contributed by atoms with Gasteiger partial charge in [0.2, 0.25) is 0 Å². The molecule has 0 spiro atoms. The van der Waals surface area contributed by atoms with Gasteiger partial charge in [0.15, 0.2) is 5.78 Å². The minimum Gasteiger partial charge on any atom is -0.322 e. The summed E-state index contributed by atoms with van der Waals surface area (Å²) < 4.78 is 0. The van der Waals surface area contributed by atoms with Crippen LogP contribution in [0.1, 0.15) is 26.3 Å². The number of nitrogens with one attached hydrogen (secondary N) is 1. The highest BCUT2D eigenvalue weighted by Gasteiger charge is 2.14. The van der Waals surface area contributed by atoms with Crippen LogP contribution in [0, 0.1) is 0 Å². The molecule has 0 aliphatic carbocycles. The van der Waals surface area contributed by atoms with Crippen LogP contribution >= 0.6 is 11.6 Å². The van der Waals surface area contributed by atoms with Crippen molar-refractivity contribution in [2.24, 2.45) is 0 Å². The molecule has 0 unspecified atom stereocenters. The van der Waals surface area contributed by atoms with E-state index < -0.39 is 0 Å². The Bertz CT molecular complexity index is 1420. The number of amides is 1. The molecule has 0 saturated carbocycles. The second-order valence-corrected chi connectivity index (χ2v) is 8.92. The summed E-state index contributed by atoms with van der Waals surface area (Å²) in [7, 11) is 0. The van der Waals surface area contributed by atoms with E-state index in [9.17, 15) is 9.59 Å². The number of carbonyl (C=O) groups excluding carboxylic acids is 2. The maximum atomic E-state index is 13.0. The summed E-state index contributed by atoms with van der Waals surface area (Å²) >= 11 is 6.28. The molecule has 0 bridgehead atoms. The van der Waals surface area contributed by atoms with Crippen LogP contribution in [0.3, 0.4) is 0 Å². The largest absolute Gasteiger partial charge is 0.322 e. The van der Waals surface area contributed by atoms with Crippen LogP contribution in [-0.2, 0) is 6.42 Å². The molecule has 2 aromatic heterocycles. The average molecular weight is 504 g/mol. The summed E-state index contributed by atoms with van der Waals surface area (Å²) in [5, 5.41) is 3.19. The second kappa shape index (κ2) is 11.0. The molecule has 180 valence electrons. The van der Waals surface area contributed by atoms with Crippen LogP contribution in [-0.4, -0.2) is 21.7 Å². The van der Waals surface area contributed by atoms with Crippen molar-refractivity contribution in [2.75, 3.05) is 5.32 Å². The van der Waals surface area contributed by atoms with Gasteiger partial charge in [0, 0.05) is 51.8 Å². The van der Waals surface area contributed by atoms with Gasteiger partial charge in [-0.05, 0) is 60.2 Å². The fraction of sp³-hybridized carbons (Fsp3) is 0.0323. The third kappa shape index (κ3) is 5.97. The van der Waals surface area contributed by atoms with Crippen molar-refractivity contribution in [3.63, 3.8) is 0 Å². The number of hydrogen-bond acceptors (Lipinski definition) is 4. The summed E-state index contributed by atoms with van der Waals surface area (Å²) in [5.74, 6) is -0.469. The number of hydrogen-bond donors (Lipinski definition) is 1. The molecule has 5 rings (SSSR count). The van der Waals surface area contributed by atoms with Crippen molar-refractivity contribution in [2.45, 2.75) is 6.42 Å². The minimum absolute atomic E-state index is 0.123. The molecule has 0 fully saturated rings. The molecule has 0 saturated heterocycles. The molecule has 2 heterocycles. The van der Waals surface area contributed by atoms with Crippen molar-refractivity contribution in [3.8, 4) is 22.5 Å². The summed E-state index contributed by atoms with van der Waals surface area (Å²) in [4.78, 5) is 34.6. The number of ketones is 1. The van der Waals surface area contributed by atoms with E-state index >= 15 is 0 Å². The van der Waals surface area contributed by atoms with Gasteiger partial charge in [-0.2, -0.15) is 0 Å². The van der Waals surface area contributed by atoms with Gasteiger partial charge in [-0.1, -0.05) is 60.1 Å². The smallest absolute Gasteiger partial charge is 0.255 e. The van der Waals surface area contributed by atoms with E-state index in [0.29, 0.717) is 21.8 Å². The van der Waals surface area contributed by atoms with Gasteiger partial charge in [0.25, 0.3) is 5.91 Å². The Balaban J connectivity index is 1.27. The van der Waals surface area contributed by atoms with Gasteiger partial charge in [0.1, 0.15) is 0 Å². The average Bonchev–Trinajstić information content (AvgIpc) is 2.94. The molecular formula is C31H22ClN3O2. The third-order valence-corrected chi connectivity index (χ3v) is 6.08. The first kappa shape index (κ1) is 24.1. The van der Waals surface area contributed by atoms with E-state index in [1.165, 1.54) is 0 Å². The first-order valence-electron chi connectivity index (χ1n) is 11.7. The predicted octanol–water partition coefficient (Wildman–Crippen LogP) is 7.14. The highest BCUT2D eigenvalue weighted by molar-refractivity contribution is 6.31. The number of pyridine rings is 2. The molecule has 5 aromatic rings. The lowest BCUT2D eigenvalue weighted by Crippen LogP contribution is -2.13. The van der Waals surface area contributed by atoms with Crippen molar-refractivity contribution in [3.05, 3.63) is 137 Å². The maximum absolute atomic E-state index is 13.0. The molecule has 0 radical (unpaired) electrons. The highest BCUT2D eigenvalue weighted by Crippen LogP contribution is 2.22. The molecule has 0 aliphatic rings. The van der Waals surface area contributed by atoms with Crippen LogP contribution in [0.15, 0.2) is 116 Å². The summed E-state index contributed by atoms with van der Waals surface area (Å²) in [6.07, 6.45) is 3.68. The van der Waals surface area contributed by atoms with E-state index in [1.807, 2.05) is 84.9 Å². The Labute approximate surface area is 219 Å². The van der Waals surface area contributed by atoms with Crippen LogP contribution in [0.25, 0.3) is 22.5 Å². The van der Waals surface area contributed by atoms with Crippen molar-refractivity contribution in [1.82, 2.24) is 9.97 Å². The van der Waals surface area contributed by atoms with Gasteiger partial charge < -0.3 is 5.32 Å². The van der Waals surface area contributed by atoms with Gasteiger partial charge in [-0.15, -0.1) is 0 Å². The summed E-state index contributed by atoms with van der Waals surface area (Å²) in [6.45, 7) is 0. The minimum atomic E-state index is -0.346. The van der Waals surface area contributed by atoms with E-state index in [1.54, 1.807) is 30.6 Å². The SMILES string of the molecule is O=C(Cc1ccc(-c2ccccn2)cc1)c1cc(Cl)cc(C(=O)Nc2ccc(-c3ccccn3)cc2)c1. The van der Waals surface area contributed by atoms with E-state index in [4.69, 9.17) is 11.6 Å². The molecule has 3 aromatic carbocycles. The van der Waals surface area contributed by atoms with E-state index in [-0.39, 0.29) is 18.1 Å². The fourth-order valence-electron chi connectivity index (χ4n) is 3.96. The first-order chi connectivity index (χ1) is 18.0. The third-order valence-electron chi connectivity index (χ3n) is 5.86. The number of benzene rings is 3. The van der Waals surface area contributed by atoms with E-state index in [2.05, 4.69) is 15.3 Å². The fourth-order valence-corrected chi connectivity index (χ4v) is 4.19. The van der Waals surface area contributed by atoms with Gasteiger partial charge in [0.05, 0.1) is 11.4 Å². The molecule has 1 amide bonds. The van der Waals surface area contributed by atoms with Crippen LogP contribution in [0.2, 0.25) is 5.02 Å². The lowest BCUT2D eigenvalue weighted by Gasteiger charge is -2.09. The van der Waals surface area contributed by atoms with Crippen molar-refractivity contribution in [1.29, 1.82) is 0 Å². The lowest BCUT2D eigenvalue weighted by molar-refractivity contribution is 0.0993. The molecule has 37 heavy (non-hydrogen) atoms. The zero-order valence-electron chi connectivity index (χ0n) is 19.8. The van der Waals surface area contributed by atoms with Gasteiger partial charge >= 0.3 is 0 Å². The zero-order valence-corrected chi connectivity index (χ0v) is 20.5. The Morgan fingerprint density at radius 3 is 1.81 bits per heavy atom. The monoisotopic (exact) mass is 503 g/mol. The molecule has 6 heteroatoms. The Morgan fingerprint density at radius 2 is 1.24 bits per heavy atom. The Morgan fingerprint density at radius 1 is 0.676 bits per heavy atom. The van der Waals surface area contributed by atoms with Crippen LogP contribution < -0.4 is 5.32 Å². The Kier molecular flexibility index (Phi) is 7.15. The normalized spacial score (nSPS) is 10.6. The molecule has 0 aliphatic heterocycles. The number of aromatic nitrogens is 2. The van der Waals surface area contributed by atoms with Gasteiger partial charge in [-0.25, -0.2) is 0 Å². The highest BCUT2D eigenvalue weighted by atomic mass is 35.5. The number of anilines is 1. The van der Waals surface area contributed by atoms with Crippen LogP contribution in [0.5, 0.6) is 0 Å². The molecule has 0 atom stereocenters. The maximum Gasteiger partial charge on any atom is 0.255 e. The second-order valence-electron chi connectivity index (χ2n) is 8.49. The van der Waals surface area contributed by atoms with Crippen molar-refractivity contribution >= 4 is 29.0 Å².